The van der Waals surface area contributed by atoms with E-state index in [9.17, 15) is 26.3 Å². The van der Waals surface area contributed by atoms with Gasteiger partial charge in [0.05, 0.1) is 11.1 Å². The summed E-state index contributed by atoms with van der Waals surface area (Å²) in [6.07, 6.45) is -6.43. The highest BCUT2D eigenvalue weighted by Gasteiger charge is 2.37. The van der Waals surface area contributed by atoms with Crippen molar-refractivity contribution in [1.82, 2.24) is 9.97 Å². The van der Waals surface area contributed by atoms with Gasteiger partial charge in [-0.2, -0.15) is 26.3 Å². The topological polar surface area (TPSA) is 25.8 Å². The molecular weight excluding hydrogens is 310 g/mol. The van der Waals surface area contributed by atoms with Gasteiger partial charge in [-0.25, -0.2) is 9.97 Å². The SMILES string of the molecule is CCc1cnc(-c2cc(C(F)(F)F)cc(C(F)(F)F)c2)nc1. The molecule has 0 N–H and O–H groups in total. The third-order valence-electron chi connectivity index (χ3n) is 2.96. The monoisotopic (exact) mass is 320 g/mol. The summed E-state index contributed by atoms with van der Waals surface area (Å²) < 4.78 is 76.6. The van der Waals surface area contributed by atoms with E-state index in [0.29, 0.717) is 18.6 Å². The van der Waals surface area contributed by atoms with Crippen LogP contribution in [0.5, 0.6) is 0 Å². The van der Waals surface area contributed by atoms with Crippen LogP contribution in [-0.4, -0.2) is 9.97 Å². The van der Waals surface area contributed by atoms with Crippen LogP contribution in [0, 0.1) is 0 Å². The van der Waals surface area contributed by atoms with Gasteiger partial charge in [0, 0.05) is 18.0 Å². The van der Waals surface area contributed by atoms with E-state index in [1.807, 2.05) is 6.92 Å². The minimum Gasteiger partial charge on any atom is -0.236 e. The highest BCUT2D eigenvalue weighted by molar-refractivity contribution is 5.58. The van der Waals surface area contributed by atoms with E-state index in [-0.39, 0.29) is 17.5 Å². The quantitative estimate of drug-likeness (QED) is 0.747. The lowest BCUT2D eigenvalue weighted by Crippen LogP contribution is -2.11. The molecule has 22 heavy (non-hydrogen) atoms. The van der Waals surface area contributed by atoms with Crippen molar-refractivity contribution in [3.05, 3.63) is 47.3 Å². The Labute approximate surface area is 121 Å². The first-order chi connectivity index (χ1) is 10.1. The van der Waals surface area contributed by atoms with Gasteiger partial charge in [0.2, 0.25) is 0 Å². The molecule has 0 unspecified atom stereocenters. The lowest BCUT2D eigenvalue weighted by molar-refractivity contribution is -0.143. The molecule has 1 aromatic carbocycles. The summed E-state index contributed by atoms with van der Waals surface area (Å²) in [5, 5.41) is 0. The zero-order valence-electron chi connectivity index (χ0n) is 11.3. The van der Waals surface area contributed by atoms with Crippen molar-refractivity contribution in [3.8, 4) is 11.4 Å². The number of aromatic nitrogens is 2. The van der Waals surface area contributed by atoms with Crippen LogP contribution in [0.15, 0.2) is 30.6 Å². The molecule has 0 bridgehead atoms. The molecule has 0 aliphatic heterocycles. The van der Waals surface area contributed by atoms with Crippen LogP contribution in [-0.2, 0) is 18.8 Å². The number of hydrogen-bond acceptors (Lipinski definition) is 2. The van der Waals surface area contributed by atoms with E-state index < -0.39 is 23.5 Å². The second kappa shape index (κ2) is 5.58. The third-order valence-corrected chi connectivity index (χ3v) is 2.96. The van der Waals surface area contributed by atoms with E-state index in [0.717, 1.165) is 5.56 Å². The van der Waals surface area contributed by atoms with Crippen LogP contribution in [0.2, 0.25) is 0 Å². The Morgan fingerprint density at radius 3 is 1.64 bits per heavy atom. The van der Waals surface area contributed by atoms with E-state index in [4.69, 9.17) is 0 Å². The molecule has 1 aromatic heterocycles. The van der Waals surface area contributed by atoms with Crippen LogP contribution in [0.1, 0.15) is 23.6 Å². The fourth-order valence-corrected chi connectivity index (χ4v) is 1.77. The molecular formula is C14H10F6N2. The zero-order valence-corrected chi connectivity index (χ0v) is 11.3. The number of nitrogens with zero attached hydrogens (tertiary/aromatic N) is 2. The van der Waals surface area contributed by atoms with Crippen LogP contribution in [0.4, 0.5) is 26.3 Å². The fraction of sp³-hybridized carbons (Fsp3) is 0.286. The molecule has 0 fully saturated rings. The van der Waals surface area contributed by atoms with Crippen molar-refractivity contribution in [2.45, 2.75) is 25.7 Å². The van der Waals surface area contributed by atoms with Gasteiger partial charge in [-0.3, -0.25) is 0 Å². The first-order valence-electron chi connectivity index (χ1n) is 6.22. The molecule has 1 heterocycles. The van der Waals surface area contributed by atoms with Crippen LogP contribution in [0.25, 0.3) is 11.4 Å². The van der Waals surface area contributed by atoms with E-state index >= 15 is 0 Å². The summed E-state index contributed by atoms with van der Waals surface area (Å²) in [5.74, 6) is -0.186. The predicted octanol–water partition coefficient (Wildman–Crippen LogP) is 4.74. The molecule has 2 nitrogen and oxygen atoms in total. The van der Waals surface area contributed by atoms with Crippen LogP contribution < -0.4 is 0 Å². The summed E-state index contributed by atoms with van der Waals surface area (Å²) in [6.45, 7) is 1.82. The number of rotatable bonds is 2. The maximum absolute atomic E-state index is 12.8. The zero-order chi connectivity index (χ0) is 16.5. The standard InChI is InChI=1S/C14H10F6N2/c1-2-8-6-21-12(22-7-8)9-3-10(13(15,16)17)5-11(4-9)14(18,19)20/h3-7H,2H2,1H3. The molecule has 2 rings (SSSR count). The molecule has 118 valence electrons. The Morgan fingerprint density at radius 2 is 1.27 bits per heavy atom. The Bertz CT molecular complexity index is 626. The third kappa shape index (κ3) is 3.55. The minimum atomic E-state index is -4.89. The molecule has 0 saturated carbocycles. The van der Waals surface area contributed by atoms with Gasteiger partial charge in [0.15, 0.2) is 5.82 Å². The molecule has 0 aliphatic carbocycles. The minimum absolute atomic E-state index is 0.0733. The van der Waals surface area contributed by atoms with Crippen molar-refractivity contribution in [2.75, 3.05) is 0 Å². The predicted molar refractivity (Wildman–Crippen MR) is 66.9 cm³/mol. The smallest absolute Gasteiger partial charge is 0.236 e. The molecule has 0 atom stereocenters. The fourth-order valence-electron chi connectivity index (χ4n) is 1.77. The maximum Gasteiger partial charge on any atom is 0.416 e. The summed E-state index contributed by atoms with van der Waals surface area (Å²) in [5.41, 5.74) is -2.38. The van der Waals surface area contributed by atoms with E-state index in [1.54, 1.807) is 0 Å². The van der Waals surface area contributed by atoms with Crippen molar-refractivity contribution in [3.63, 3.8) is 0 Å². The number of benzene rings is 1. The Kier molecular flexibility index (Phi) is 4.12. The number of alkyl halides is 6. The van der Waals surface area contributed by atoms with Gasteiger partial charge < -0.3 is 0 Å². The first kappa shape index (κ1) is 16.3. The largest absolute Gasteiger partial charge is 0.416 e. The van der Waals surface area contributed by atoms with E-state index in [2.05, 4.69) is 9.97 Å². The van der Waals surface area contributed by atoms with Gasteiger partial charge in [-0.1, -0.05) is 6.92 Å². The molecule has 8 heteroatoms. The number of hydrogen-bond donors (Lipinski definition) is 0. The maximum atomic E-state index is 12.8. The lowest BCUT2D eigenvalue weighted by Gasteiger charge is -2.13. The van der Waals surface area contributed by atoms with Crippen molar-refractivity contribution < 1.29 is 26.3 Å². The van der Waals surface area contributed by atoms with Crippen LogP contribution >= 0.6 is 0 Å². The molecule has 2 aromatic rings. The molecule has 0 spiro atoms. The van der Waals surface area contributed by atoms with E-state index in [1.165, 1.54) is 12.4 Å². The second-order valence-corrected chi connectivity index (χ2v) is 4.56. The highest BCUT2D eigenvalue weighted by Crippen LogP contribution is 2.37. The molecule has 0 aliphatic rings. The summed E-state index contributed by atoms with van der Waals surface area (Å²) in [6, 6.07) is 1.29. The number of halogens is 6. The van der Waals surface area contributed by atoms with Gasteiger partial charge in [-0.15, -0.1) is 0 Å². The average Bonchev–Trinajstić information content (AvgIpc) is 2.45. The van der Waals surface area contributed by atoms with Gasteiger partial charge in [-0.05, 0) is 30.2 Å². The normalized spacial score (nSPS) is 12.5. The summed E-state index contributed by atoms with van der Waals surface area (Å²) in [4.78, 5) is 7.64. The Morgan fingerprint density at radius 1 is 0.818 bits per heavy atom. The van der Waals surface area contributed by atoms with Gasteiger partial charge in [0.25, 0.3) is 0 Å². The summed E-state index contributed by atoms with van der Waals surface area (Å²) >= 11 is 0. The van der Waals surface area contributed by atoms with Crippen molar-refractivity contribution >= 4 is 0 Å². The summed E-state index contributed by atoms with van der Waals surface area (Å²) in [7, 11) is 0. The van der Waals surface area contributed by atoms with Crippen molar-refractivity contribution in [2.24, 2.45) is 0 Å². The average molecular weight is 320 g/mol. The Balaban J connectivity index is 2.59. The van der Waals surface area contributed by atoms with Crippen molar-refractivity contribution in [1.29, 1.82) is 0 Å². The molecule has 0 amide bonds. The van der Waals surface area contributed by atoms with Crippen LogP contribution in [0.3, 0.4) is 0 Å². The first-order valence-corrected chi connectivity index (χ1v) is 6.22. The Hall–Kier alpha value is -2.12. The number of aryl methyl sites for hydroxylation is 1. The molecule has 0 saturated heterocycles. The highest BCUT2D eigenvalue weighted by atomic mass is 19.4. The molecule has 0 radical (unpaired) electrons. The van der Waals surface area contributed by atoms with Gasteiger partial charge >= 0.3 is 12.4 Å². The van der Waals surface area contributed by atoms with Gasteiger partial charge in [0.1, 0.15) is 0 Å². The second-order valence-electron chi connectivity index (χ2n) is 4.56. The lowest BCUT2D eigenvalue weighted by atomic mass is 10.0.